The first-order chi connectivity index (χ1) is 8.81. The number of amides is 1. The SMILES string of the molecule is Cc1ccc(C(=O)N(CC(=O)O)CC(=O)O)c(=O)[nH]1. The molecule has 0 radical (unpaired) electrons. The van der Waals surface area contributed by atoms with Crippen LogP contribution in [0.2, 0.25) is 0 Å². The monoisotopic (exact) mass is 268 g/mol. The van der Waals surface area contributed by atoms with E-state index >= 15 is 0 Å². The zero-order valence-corrected chi connectivity index (χ0v) is 10.0. The third kappa shape index (κ3) is 3.95. The fourth-order valence-electron chi connectivity index (χ4n) is 1.44. The highest BCUT2D eigenvalue weighted by atomic mass is 16.4. The van der Waals surface area contributed by atoms with Crippen molar-refractivity contribution in [3.05, 3.63) is 33.7 Å². The van der Waals surface area contributed by atoms with Crippen molar-refractivity contribution in [1.29, 1.82) is 0 Å². The average Bonchev–Trinajstić information content (AvgIpc) is 2.26. The van der Waals surface area contributed by atoms with E-state index in [0.29, 0.717) is 10.6 Å². The lowest BCUT2D eigenvalue weighted by molar-refractivity contribution is -0.140. The van der Waals surface area contributed by atoms with Crippen LogP contribution in [0.1, 0.15) is 16.1 Å². The molecule has 0 aliphatic carbocycles. The molecule has 0 bridgehead atoms. The van der Waals surface area contributed by atoms with Crippen LogP contribution in [0.5, 0.6) is 0 Å². The number of aliphatic carboxylic acids is 2. The number of carboxylic acid groups (broad SMARTS) is 2. The Balaban J connectivity index is 3.07. The second-order valence-electron chi connectivity index (χ2n) is 3.83. The molecule has 1 aromatic rings. The molecular weight excluding hydrogens is 256 g/mol. The third-order valence-corrected chi connectivity index (χ3v) is 2.23. The van der Waals surface area contributed by atoms with Gasteiger partial charge in [0, 0.05) is 5.69 Å². The molecule has 0 fully saturated rings. The largest absolute Gasteiger partial charge is 0.480 e. The summed E-state index contributed by atoms with van der Waals surface area (Å²) in [7, 11) is 0. The smallest absolute Gasteiger partial charge is 0.323 e. The maximum Gasteiger partial charge on any atom is 0.323 e. The summed E-state index contributed by atoms with van der Waals surface area (Å²) in [5, 5.41) is 17.3. The van der Waals surface area contributed by atoms with Gasteiger partial charge in [0.2, 0.25) is 0 Å². The molecule has 1 amide bonds. The van der Waals surface area contributed by atoms with E-state index in [0.717, 1.165) is 0 Å². The molecule has 0 aliphatic heterocycles. The Hall–Kier alpha value is -2.64. The van der Waals surface area contributed by atoms with Crippen molar-refractivity contribution in [3.8, 4) is 0 Å². The van der Waals surface area contributed by atoms with Gasteiger partial charge in [-0.2, -0.15) is 0 Å². The summed E-state index contributed by atoms with van der Waals surface area (Å²) in [6.07, 6.45) is 0. The lowest BCUT2D eigenvalue weighted by Crippen LogP contribution is -2.41. The van der Waals surface area contributed by atoms with Gasteiger partial charge in [-0.25, -0.2) is 0 Å². The Kier molecular flexibility index (Phi) is 4.41. The summed E-state index contributed by atoms with van der Waals surface area (Å²) in [5.74, 6) is -3.66. The van der Waals surface area contributed by atoms with Crippen LogP contribution in [-0.4, -0.2) is 51.0 Å². The number of aromatic nitrogens is 1. The molecule has 0 saturated carbocycles. The van der Waals surface area contributed by atoms with Gasteiger partial charge in [0.25, 0.3) is 11.5 Å². The highest BCUT2D eigenvalue weighted by Crippen LogP contribution is 2.01. The number of pyridine rings is 1. The molecule has 8 nitrogen and oxygen atoms in total. The van der Waals surface area contributed by atoms with Gasteiger partial charge < -0.3 is 20.1 Å². The number of H-pyrrole nitrogens is 1. The van der Waals surface area contributed by atoms with Gasteiger partial charge >= 0.3 is 11.9 Å². The molecule has 0 unspecified atom stereocenters. The van der Waals surface area contributed by atoms with E-state index in [1.54, 1.807) is 6.92 Å². The van der Waals surface area contributed by atoms with Gasteiger partial charge in [0.15, 0.2) is 0 Å². The van der Waals surface area contributed by atoms with E-state index in [4.69, 9.17) is 10.2 Å². The minimum absolute atomic E-state index is 0.298. The summed E-state index contributed by atoms with van der Waals surface area (Å²) in [6, 6.07) is 2.70. The molecule has 0 atom stereocenters. The zero-order valence-electron chi connectivity index (χ0n) is 10.0. The average molecular weight is 268 g/mol. The number of hydrogen-bond acceptors (Lipinski definition) is 4. The number of aromatic amines is 1. The van der Waals surface area contributed by atoms with Crippen LogP contribution in [0.3, 0.4) is 0 Å². The molecule has 19 heavy (non-hydrogen) atoms. The first kappa shape index (κ1) is 14.4. The summed E-state index contributed by atoms with van der Waals surface area (Å²) in [4.78, 5) is 47.6. The predicted molar refractivity (Wildman–Crippen MR) is 63.0 cm³/mol. The number of carboxylic acids is 2. The van der Waals surface area contributed by atoms with Crippen LogP contribution in [0.4, 0.5) is 0 Å². The molecule has 8 heteroatoms. The topological polar surface area (TPSA) is 128 Å². The fraction of sp³-hybridized carbons (Fsp3) is 0.273. The van der Waals surface area contributed by atoms with Gasteiger partial charge in [0.05, 0.1) is 0 Å². The normalized spacial score (nSPS) is 9.95. The lowest BCUT2D eigenvalue weighted by Gasteiger charge is -2.17. The van der Waals surface area contributed by atoms with Gasteiger partial charge in [-0.05, 0) is 19.1 Å². The Bertz CT molecular complexity index is 561. The Morgan fingerprint density at radius 3 is 2.11 bits per heavy atom. The molecular formula is C11H12N2O6. The highest BCUT2D eigenvalue weighted by molar-refractivity contribution is 5.97. The second kappa shape index (κ2) is 5.80. The number of nitrogens with one attached hydrogen (secondary N) is 1. The highest BCUT2D eigenvalue weighted by Gasteiger charge is 2.23. The molecule has 0 saturated heterocycles. The van der Waals surface area contributed by atoms with Crippen molar-refractivity contribution >= 4 is 17.8 Å². The predicted octanol–water partition coefficient (Wildman–Crippen LogP) is -0.705. The zero-order chi connectivity index (χ0) is 14.6. The van der Waals surface area contributed by atoms with Crippen molar-refractivity contribution in [2.45, 2.75) is 6.92 Å². The molecule has 3 N–H and O–H groups in total. The van der Waals surface area contributed by atoms with E-state index in [9.17, 15) is 19.2 Å². The Morgan fingerprint density at radius 1 is 1.16 bits per heavy atom. The first-order valence-corrected chi connectivity index (χ1v) is 5.24. The second-order valence-corrected chi connectivity index (χ2v) is 3.83. The Labute approximate surface area is 107 Å². The number of carbonyl (C=O) groups is 3. The van der Waals surface area contributed by atoms with Crippen molar-refractivity contribution in [1.82, 2.24) is 9.88 Å². The summed E-state index contributed by atoms with van der Waals surface area (Å²) in [6.45, 7) is 0.0266. The number of nitrogens with zero attached hydrogens (tertiary/aromatic N) is 1. The van der Waals surface area contributed by atoms with E-state index in [1.807, 2.05) is 0 Å². The van der Waals surface area contributed by atoms with Crippen molar-refractivity contribution < 1.29 is 24.6 Å². The molecule has 1 aromatic heterocycles. The molecule has 0 aromatic carbocycles. The molecule has 1 rings (SSSR count). The minimum Gasteiger partial charge on any atom is -0.480 e. The van der Waals surface area contributed by atoms with Gasteiger partial charge in [0.1, 0.15) is 18.7 Å². The fourth-order valence-corrected chi connectivity index (χ4v) is 1.44. The molecule has 0 aliphatic rings. The standard InChI is InChI=1S/C11H12N2O6/c1-6-2-3-7(10(18)12-6)11(19)13(4-8(14)15)5-9(16)17/h2-3H,4-5H2,1H3,(H,12,18)(H,14,15)(H,16,17). The number of aryl methyl sites for hydroxylation is 1. The molecule has 102 valence electrons. The van der Waals surface area contributed by atoms with Gasteiger partial charge in [-0.3, -0.25) is 19.2 Å². The lowest BCUT2D eigenvalue weighted by atomic mass is 10.2. The van der Waals surface area contributed by atoms with Crippen molar-refractivity contribution in [2.24, 2.45) is 0 Å². The van der Waals surface area contributed by atoms with Crippen LogP contribution in [0.25, 0.3) is 0 Å². The van der Waals surface area contributed by atoms with Crippen LogP contribution >= 0.6 is 0 Å². The summed E-state index contributed by atoms with van der Waals surface area (Å²) >= 11 is 0. The number of rotatable bonds is 5. The summed E-state index contributed by atoms with van der Waals surface area (Å²) < 4.78 is 0. The van der Waals surface area contributed by atoms with Crippen LogP contribution in [0, 0.1) is 6.92 Å². The van der Waals surface area contributed by atoms with Crippen molar-refractivity contribution in [3.63, 3.8) is 0 Å². The van der Waals surface area contributed by atoms with Crippen LogP contribution in [0.15, 0.2) is 16.9 Å². The molecule has 1 heterocycles. The minimum atomic E-state index is -1.36. The number of carbonyl (C=O) groups excluding carboxylic acids is 1. The van der Waals surface area contributed by atoms with E-state index in [1.165, 1.54) is 12.1 Å². The first-order valence-electron chi connectivity index (χ1n) is 5.24. The number of hydrogen-bond donors (Lipinski definition) is 3. The van der Waals surface area contributed by atoms with Crippen LogP contribution < -0.4 is 5.56 Å². The van der Waals surface area contributed by atoms with Gasteiger partial charge in [-0.1, -0.05) is 0 Å². The summed E-state index contributed by atoms with van der Waals surface area (Å²) in [5.41, 5.74) is -0.455. The van der Waals surface area contributed by atoms with Crippen molar-refractivity contribution in [2.75, 3.05) is 13.1 Å². The molecule has 0 spiro atoms. The van der Waals surface area contributed by atoms with E-state index in [-0.39, 0.29) is 5.56 Å². The maximum absolute atomic E-state index is 11.9. The van der Waals surface area contributed by atoms with E-state index in [2.05, 4.69) is 4.98 Å². The quantitative estimate of drug-likeness (QED) is 0.647. The Morgan fingerprint density at radius 2 is 1.68 bits per heavy atom. The van der Waals surface area contributed by atoms with Gasteiger partial charge in [-0.15, -0.1) is 0 Å². The van der Waals surface area contributed by atoms with Crippen LogP contribution in [-0.2, 0) is 9.59 Å². The third-order valence-electron chi connectivity index (χ3n) is 2.23. The van der Waals surface area contributed by atoms with E-state index < -0.39 is 36.5 Å². The maximum atomic E-state index is 11.9.